The first-order valence-electron chi connectivity index (χ1n) is 8.53. The average molecular weight is 460 g/mol. The van der Waals surface area contributed by atoms with Crippen LogP contribution in [0.15, 0.2) is 59.5 Å². The summed E-state index contributed by atoms with van der Waals surface area (Å²) in [4.78, 5) is 11.9. The van der Waals surface area contributed by atoms with E-state index in [1.807, 2.05) is 0 Å². The molecule has 0 saturated heterocycles. The topological polar surface area (TPSA) is 62.1 Å². The number of nitriles is 1. The predicted molar refractivity (Wildman–Crippen MR) is 101 cm³/mol. The minimum Gasteiger partial charge on any atom is -0.489 e. The Morgan fingerprint density at radius 3 is 2.32 bits per heavy atom. The molecule has 0 aliphatic heterocycles. The van der Waals surface area contributed by atoms with Gasteiger partial charge in [0.1, 0.15) is 12.4 Å². The number of benzene rings is 2. The summed E-state index contributed by atoms with van der Waals surface area (Å²) < 4.78 is 80.9. The number of ether oxygens (including phenoxy) is 1. The molecule has 2 rings (SSSR count). The molecule has 0 spiro atoms. The highest BCUT2D eigenvalue weighted by atomic mass is 32.2. The van der Waals surface area contributed by atoms with Crippen LogP contribution in [-0.2, 0) is 6.18 Å². The van der Waals surface area contributed by atoms with Crippen molar-refractivity contribution in [1.82, 2.24) is 5.32 Å². The molecule has 0 aromatic heterocycles. The van der Waals surface area contributed by atoms with E-state index in [2.05, 4.69) is 5.32 Å². The Bertz CT molecular complexity index is 979. The highest BCUT2D eigenvalue weighted by molar-refractivity contribution is 8.00. The second-order valence-corrected chi connectivity index (χ2v) is 7.02. The Kier molecular flexibility index (Phi) is 7.99. The lowest BCUT2D eigenvalue weighted by molar-refractivity contribution is -0.138. The molecule has 0 unspecified atom stereocenters. The van der Waals surface area contributed by atoms with Crippen molar-refractivity contribution < 1.29 is 35.9 Å². The van der Waals surface area contributed by atoms with Gasteiger partial charge in [0.05, 0.1) is 17.2 Å². The number of halogens is 6. The van der Waals surface area contributed by atoms with Crippen LogP contribution in [0.25, 0.3) is 0 Å². The molecule has 31 heavy (non-hydrogen) atoms. The van der Waals surface area contributed by atoms with Gasteiger partial charge in [0.25, 0.3) is 5.91 Å². The summed E-state index contributed by atoms with van der Waals surface area (Å²) in [6, 6.07) is 9.35. The van der Waals surface area contributed by atoms with Gasteiger partial charge < -0.3 is 10.1 Å². The molecule has 0 bridgehead atoms. The Labute approximate surface area is 177 Å². The number of hydrogen-bond donors (Lipinski definition) is 1. The number of rotatable bonds is 7. The lowest BCUT2D eigenvalue weighted by atomic mass is 10.1. The molecule has 4 nitrogen and oxygen atoms in total. The number of thioether (sulfide) groups is 1. The summed E-state index contributed by atoms with van der Waals surface area (Å²) >= 11 is -0.294. The highest BCUT2D eigenvalue weighted by Crippen LogP contribution is 2.37. The maximum absolute atomic E-state index is 13.0. The average Bonchev–Trinajstić information content (AvgIpc) is 2.68. The van der Waals surface area contributed by atoms with Gasteiger partial charge in [-0.3, -0.25) is 4.79 Å². The fourth-order valence-electron chi connectivity index (χ4n) is 2.30. The van der Waals surface area contributed by atoms with E-state index in [1.54, 1.807) is 6.07 Å². The van der Waals surface area contributed by atoms with Crippen molar-refractivity contribution in [2.75, 3.05) is 13.2 Å². The van der Waals surface area contributed by atoms with Gasteiger partial charge >= 0.3 is 11.7 Å². The molecule has 11 heteroatoms. The summed E-state index contributed by atoms with van der Waals surface area (Å²) in [7, 11) is 0. The Hall–Kier alpha value is -3.13. The van der Waals surface area contributed by atoms with Crippen molar-refractivity contribution in [3.8, 4) is 11.8 Å². The van der Waals surface area contributed by atoms with Crippen molar-refractivity contribution >= 4 is 17.7 Å². The summed E-state index contributed by atoms with van der Waals surface area (Å²) in [5.41, 5.74) is -5.27. The Morgan fingerprint density at radius 2 is 1.74 bits per heavy atom. The number of carbonyl (C=O) groups is 1. The van der Waals surface area contributed by atoms with Crippen LogP contribution in [0.4, 0.5) is 26.3 Å². The summed E-state index contributed by atoms with van der Waals surface area (Å²) in [5.74, 6) is -1.02. The van der Waals surface area contributed by atoms with Crippen molar-refractivity contribution in [2.45, 2.75) is 16.6 Å². The lowest BCUT2D eigenvalue weighted by Gasteiger charge is -2.13. The molecular formula is C20H14F6N2O2S. The maximum Gasteiger partial charge on any atom is 0.446 e. The zero-order chi connectivity index (χ0) is 23.1. The smallest absolute Gasteiger partial charge is 0.446 e. The molecular weight excluding hydrogens is 446 g/mol. The monoisotopic (exact) mass is 460 g/mol. The van der Waals surface area contributed by atoms with Crippen LogP contribution in [0.1, 0.15) is 21.5 Å². The van der Waals surface area contributed by atoms with Crippen molar-refractivity contribution in [1.29, 1.82) is 5.26 Å². The minimum atomic E-state index is -4.64. The van der Waals surface area contributed by atoms with Crippen molar-refractivity contribution in [2.24, 2.45) is 0 Å². The quantitative estimate of drug-likeness (QED) is 0.334. The van der Waals surface area contributed by atoms with E-state index < -0.39 is 28.9 Å². The van der Waals surface area contributed by atoms with Gasteiger partial charge in [-0.15, -0.1) is 0 Å². The van der Waals surface area contributed by atoms with Gasteiger partial charge in [0.15, 0.2) is 0 Å². The molecule has 0 aliphatic rings. The van der Waals surface area contributed by atoms with Gasteiger partial charge in [-0.1, -0.05) is 6.08 Å². The summed E-state index contributed by atoms with van der Waals surface area (Å²) in [5, 5.41) is 11.3. The third-order valence-electron chi connectivity index (χ3n) is 3.65. The standard InChI is InChI=1S/C20H14F6N2O2S/c21-19(22,23)16-8-3-13(12-27)11-17(16)30-10-2-1-9-28-18(29)14-4-6-15(7-5-14)31-20(24,25)26/h1-8,11H,9-10H2,(H,28,29). The van der Waals surface area contributed by atoms with E-state index in [0.29, 0.717) is 0 Å². The minimum absolute atomic E-state index is 0.0129. The molecule has 0 radical (unpaired) electrons. The van der Waals surface area contributed by atoms with Crippen LogP contribution in [-0.4, -0.2) is 24.6 Å². The van der Waals surface area contributed by atoms with Gasteiger partial charge in [-0.25, -0.2) is 0 Å². The third kappa shape index (κ3) is 7.90. The van der Waals surface area contributed by atoms with E-state index in [9.17, 15) is 31.1 Å². The third-order valence-corrected chi connectivity index (χ3v) is 4.39. The molecule has 0 fully saturated rings. The molecule has 0 heterocycles. The van der Waals surface area contributed by atoms with Gasteiger partial charge in [-0.2, -0.15) is 31.6 Å². The number of hydrogen-bond acceptors (Lipinski definition) is 4. The molecule has 2 aromatic rings. The summed E-state index contributed by atoms with van der Waals surface area (Å²) in [6.45, 7) is -0.219. The van der Waals surface area contributed by atoms with E-state index >= 15 is 0 Å². The summed E-state index contributed by atoms with van der Waals surface area (Å²) in [6.07, 6.45) is -1.83. The fraction of sp³-hybridized carbons (Fsp3) is 0.200. The van der Waals surface area contributed by atoms with E-state index in [0.717, 1.165) is 18.2 Å². The molecule has 2 aromatic carbocycles. The Balaban J connectivity index is 1.85. The zero-order valence-electron chi connectivity index (χ0n) is 15.6. The molecule has 0 aliphatic carbocycles. The number of amides is 1. The highest BCUT2D eigenvalue weighted by Gasteiger charge is 2.34. The number of nitrogens with zero attached hydrogens (tertiary/aromatic N) is 1. The Morgan fingerprint density at radius 1 is 1.06 bits per heavy atom. The molecule has 1 amide bonds. The number of nitrogens with one attached hydrogen (secondary N) is 1. The molecule has 0 saturated carbocycles. The zero-order valence-corrected chi connectivity index (χ0v) is 16.4. The maximum atomic E-state index is 13.0. The van der Waals surface area contributed by atoms with Gasteiger partial charge in [0, 0.05) is 17.0 Å². The first-order valence-corrected chi connectivity index (χ1v) is 9.34. The fourth-order valence-corrected chi connectivity index (χ4v) is 2.84. The van der Waals surface area contributed by atoms with Crippen LogP contribution in [0.2, 0.25) is 0 Å². The number of carbonyl (C=O) groups excluding carboxylic acids is 1. The van der Waals surface area contributed by atoms with E-state index in [4.69, 9.17) is 10.00 Å². The van der Waals surface area contributed by atoms with Crippen LogP contribution in [0.5, 0.6) is 5.75 Å². The van der Waals surface area contributed by atoms with Crippen molar-refractivity contribution in [3.05, 3.63) is 71.3 Å². The lowest BCUT2D eigenvalue weighted by Crippen LogP contribution is -2.23. The first-order chi connectivity index (χ1) is 14.5. The van der Waals surface area contributed by atoms with E-state index in [1.165, 1.54) is 36.4 Å². The SMILES string of the molecule is N#Cc1ccc(C(F)(F)F)c(OCC=CCNC(=O)c2ccc(SC(F)(F)F)cc2)c1. The van der Waals surface area contributed by atoms with Crippen LogP contribution in [0, 0.1) is 11.3 Å². The van der Waals surface area contributed by atoms with Gasteiger partial charge in [-0.05, 0) is 60.3 Å². The molecule has 0 atom stereocenters. The second-order valence-electron chi connectivity index (χ2n) is 5.89. The van der Waals surface area contributed by atoms with Gasteiger partial charge in [0.2, 0.25) is 0 Å². The predicted octanol–water partition coefficient (Wildman–Crippen LogP) is 5.55. The first kappa shape index (κ1) is 24.1. The largest absolute Gasteiger partial charge is 0.489 e. The van der Waals surface area contributed by atoms with Crippen LogP contribution >= 0.6 is 11.8 Å². The van der Waals surface area contributed by atoms with Crippen LogP contribution in [0.3, 0.4) is 0 Å². The second kappa shape index (κ2) is 10.3. The normalized spacial score (nSPS) is 11.9. The molecule has 1 N–H and O–H groups in total. The molecule has 164 valence electrons. The van der Waals surface area contributed by atoms with Crippen molar-refractivity contribution in [3.63, 3.8) is 0 Å². The van der Waals surface area contributed by atoms with E-state index in [-0.39, 0.29) is 40.9 Å². The number of alkyl halides is 6. The van der Waals surface area contributed by atoms with Crippen LogP contribution < -0.4 is 10.1 Å².